The zero-order valence-corrected chi connectivity index (χ0v) is 14.4. The summed E-state index contributed by atoms with van der Waals surface area (Å²) < 4.78 is 0. The van der Waals surface area contributed by atoms with Crippen LogP contribution in [0.5, 0.6) is 0 Å². The molecule has 2 amide bonds. The fourth-order valence-electron chi connectivity index (χ4n) is 3.64. The van der Waals surface area contributed by atoms with Crippen LogP contribution in [0.4, 0.5) is 0 Å². The second-order valence-corrected chi connectivity index (χ2v) is 6.68. The molecule has 0 aliphatic heterocycles. The van der Waals surface area contributed by atoms with E-state index >= 15 is 0 Å². The number of aromatic nitrogens is 1. The van der Waals surface area contributed by atoms with Crippen LogP contribution in [0, 0.1) is 0 Å². The van der Waals surface area contributed by atoms with Crippen LogP contribution in [0.25, 0.3) is 10.9 Å². The molecule has 26 heavy (non-hydrogen) atoms. The van der Waals surface area contributed by atoms with Crippen molar-refractivity contribution >= 4 is 22.7 Å². The van der Waals surface area contributed by atoms with E-state index in [-0.39, 0.29) is 24.4 Å². The molecule has 3 aromatic rings. The lowest BCUT2D eigenvalue weighted by atomic mass is 9.92. The Morgan fingerprint density at radius 3 is 2.65 bits per heavy atom. The molecule has 1 atom stereocenters. The van der Waals surface area contributed by atoms with Crippen LogP contribution in [0.3, 0.4) is 0 Å². The number of fused-ring (bicyclic) bond motifs is 3. The molecule has 0 spiro atoms. The first-order valence-corrected chi connectivity index (χ1v) is 8.92. The highest BCUT2D eigenvalue weighted by atomic mass is 16.2. The van der Waals surface area contributed by atoms with Crippen LogP contribution >= 0.6 is 0 Å². The molecule has 132 valence electrons. The van der Waals surface area contributed by atoms with Crippen LogP contribution in [0.15, 0.2) is 54.6 Å². The summed E-state index contributed by atoms with van der Waals surface area (Å²) in [5, 5.41) is 6.99. The van der Waals surface area contributed by atoms with Gasteiger partial charge in [-0.2, -0.15) is 0 Å². The van der Waals surface area contributed by atoms with Crippen molar-refractivity contribution in [2.75, 3.05) is 6.54 Å². The number of aryl methyl sites for hydroxylation is 1. The first-order chi connectivity index (χ1) is 12.7. The lowest BCUT2D eigenvalue weighted by Crippen LogP contribution is -2.44. The third-order valence-corrected chi connectivity index (χ3v) is 4.91. The van der Waals surface area contributed by atoms with Gasteiger partial charge < -0.3 is 15.6 Å². The summed E-state index contributed by atoms with van der Waals surface area (Å²) in [5.74, 6) is -0.388. The number of carbonyl (C=O) groups is 2. The Labute approximate surface area is 151 Å². The van der Waals surface area contributed by atoms with Gasteiger partial charge in [-0.25, -0.2) is 0 Å². The van der Waals surface area contributed by atoms with E-state index in [1.807, 2.05) is 12.1 Å². The van der Waals surface area contributed by atoms with Gasteiger partial charge in [0.25, 0.3) is 5.91 Å². The van der Waals surface area contributed by atoms with Crippen molar-refractivity contribution in [1.82, 2.24) is 15.6 Å². The number of amides is 2. The number of hydrogen-bond acceptors (Lipinski definition) is 2. The highest BCUT2D eigenvalue weighted by Crippen LogP contribution is 2.28. The molecule has 1 aromatic heterocycles. The number of aromatic amines is 1. The molecule has 0 saturated carbocycles. The summed E-state index contributed by atoms with van der Waals surface area (Å²) in [7, 11) is 0. The summed E-state index contributed by atoms with van der Waals surface area (Å²) in [6, 6.07) is 17.3. The predicted molar refractivity (Wildman–Crippen MR) is 101 cm³/mol. The first kappa shape index (κ1) is 16.4. The number of benzene rings is 2. The molecule has 2 aromatic carbocycles. The summed E-state index contributed by atoms with van der Waals surface area (Å²) in [4.78, 5) is 27.7. The first-order valence-electron chi connectivity index (χ1n) is 8.92. The van der Waals surface area contributed by atoms with E-state index in [0.29, 0.717) is 5.56 Å². The zero-order chi connectivity index (χ0) is 17.9. The fourth-order valence-corrected chi connectivity index (χ4v) is 3.64. The maximum absolute atomic E-state index is 12.2. The van der Waals surface area contributed by atoms with Crippen LogP contribution in [-0.2, 0) is 17.6 Å². The minimum atomic E-state index is -0.234. The zero-order valence-electron chi connectivity index (χ0n) is 14.4. The van der Waals surface area contributed by atoms with Gasteiger partial charge in [-0.3, -0.25) is 9.59 Å². The van der Waals surface area contributed by atoms with Gasteiger partial charge in [0.15, 0.2) is 0 Å². The van der Waals surface area contributed by atoms with Crippen molar-refractivity contribution in [3.8, 4) is 0 Å². The van der Waals surface area contributed by atoms with Gasteiger partial charge in [0.1, 0.15) is 0 Å². The lowest BCUT2D eigenvalue weighted by molar-refractivity contribution is -0.120. The Balaban J connectivity index is 1.33. The molecule has 1 unspecified atom stereocenters. The van der Waals surface area contributed by atoms with E-state index in [0.717, 1.165) is 24.8 Å². The Bertz CT molecular complexity index is 946. The summed E-state index contributed by atoms with van der Waals surface area (Å²) in [5.41, 5.74) is 4.28. The number of rotatable bonds is 4. The maximum Gasteiger partial charge on any atom is 0.251 e. The highest BCUT2D eigenvalue weighted by Gasteiger charge is 2.23. The molecule has 0 saturated heterocycles. The van der Waals surface area contributed by atoms with Gasteiger partial charge >= 0.3 is 0 Å². The average molecular weight is 347 g/mol. The third kappa shape index (κ3) is 3.33. The smallest absolute Gasteiger partial charge is 0.251 e. The van der Waals surface area contributed by atoms with Gasteiger partial charge in [0.2, 0.25) is 5.91 Å². The number of H-pyrrole nitrogens is 1. The van der Waals surface area contributed by atoms with Crippen molar-refractivity contribution in [3.63, 3.8) is 0 Å². The normalized spacial score (nSPS) is 16.1. The van der Waals surface area contributed by atoms with Gasteiger partial charge in [0.05, 0.1) is 6.54 Å². The van der Waals surface area contributed by atoms with E-state index in [9.17, 15) is 9.59 Å². The third-order valence-electron chi connectivity index (χ3n) is 4.91. The summed E-state index contributed by atoms with van der Waals surface area (Å²) in [6.45, 7) is -0.0101. The SMILES string of the molecule is O=C(CNC(=O)c1ccccc1)NC1CCc2c([nH]c3ccccc23)C1. The van der Waals surface area contributed by atoms with Crippen LogP contribution < -0.4 is 10.6 Å². The molecule has 3 N–H and O–H groups in total. The number of para-hydroxylation sites is 1. The van der Waals surface area contributed by atoms with Crippen molar-refractivity contribution in [2.45, 2.75) is 25.3 Å². The maximum atomic E-state index is 12.2. The minimum absolute atomic E-state index is 0.0101. The van der Waals surface area contributed by atoms with Crippen molar-refractivity contribution in [3.05, 3.63) is 71.4 Å². The molecule has 0 fully saturated rings. The van der Waals surface area contributed by atoms with Gasteiger partial charge in [0, 0.05) is 34.6 Å². The second-order valence-electron chi connectivity index (χ2n) is 6.68. The van der Waals surface area contributed by atoms with E-state index in [1.165, 1.54) is 16.6 Å². The molecule has 1 aliphatic rings. The van der Waals surface area contributed by atoms with Crippen LogP contribution in [0.2, 0.25) is 0 Å². The van der Waals surface area contributed by atoms with E-state index < -0.39 is 0 Å². The van der Waals surface area contributed by atoms with Crippen LogP contribution in [0.1, 0.15) is 28.0 Å². The molecule has 0 radical (unpaired) electrons. The fraction of sp³-hybridized carbons (Fsp3) is 0.238. The van der Waals surface area contributed by atoms with Crippen molar-refractivity contribution in [2.24, 2.45) is 0 Å². The molecule has 4 rings (SSSR count). The molecular formula is C21H21N3O2. The molecular weight excluding hydrogens is 326 g/mol. The predicted octanol–water partition coefficient (Wildman–Crippen LogP) is 2.57. The summed E-state index contributed by atoms with van der Waals surface area (Å²) >= 11 is 0. The van der Waals surface area contributed by atoms with Gasteiger partial charge in [-0.15, -0.1) is 0 Å². The largest absolute Gasteiger partial charge is 0.358 e. The Kier molecular flexibility index (Phi) is 4.44. The standard InChI is InChI=1S/C21H21N3O2/c25-20(13-22-21(26)14-6-2-1-3-7-14)23-15-10-11-17-16-8-4-5-9-18(16)24-19(17)12-15/h1-9,15,24H,10-13H2,(H,22,26)(H,23,25). The average Bonchev–Trinajstić information content (AvgIpc) is 3.04. The topological polar surface area (TPSA) is 74.0 Å². The number of hydrogen-bond donors (Lipinski definition) is 3. The molecule has 5 heteroatoms. The molecule has 1 heterocycles. The Morgan fingerprint density at radius 1 is 1.04 bits per heavy atom. The van der Waals surface area contributed by atoms with E-state index in [1.54, 1.807) is 24.3 Å². The Hall–Kier alpha value is -3.08. The quantitative estimate of drug-likeness (QED) is 0.679. The highest BCUT2D eigenvalue weighted by molar-refractivity contribution is 5.96. The Morgan fingerprint density at radius 2 is 1.81 bits per heavy atom. The van der Waals surface area contributed by atoms with E-state index in [4.69, 9.17) is 0 Å². The second kappa shape index (κ2) is 7.04. The summed E-state index contributed by atoms with van der Waals surface area (Å²) in [6.07, 6.45) is 2.65. The van der Waals surface area contributed by atoms with Gasteiger partial charge in [-0.1, -0.05) is 36.4 Å². The molecule has 1 aliphatic carbocycles. The number of nitrogens with one attached hydrogen (secondary N) is 3. The van der Waals surface area contributed by atoms with Crippen LogP contribution in [-0.4, -0.2) is 29.4 Å². The van der Waals surface area contributed by atoms with E-state index in [2.05, 4.69) is 33.8 Å². The van der Waals surface area contributed by atoms with Crippen molar-refractivity contribution < 1.29 is 9.59 Å². The monoisotopic (exact) mass is 347 g/mol. The minimum Gasteiger partial charge on any atom is -0.358 e. The molecule has 5 nitrogen and oxygen atoms in total. The number of carbonyl (C=O) groups excluding carboxylic acids is 2. The van der Waals surface area contributed by atoms with Gasteiger partial charge in [-0.05, 0) is 36.6 Å². The lowest BCUT2D eigenvalue weighted by Gasteiger charge is -2.23. The molecule has 0 bridgehead atoms. The van der Waals surface area contributed by atoms with Crippen molar-refractivity contribution in [1.29, 1.82) is 0 Å².